The molecule has 1 amide bonds. The van der Waals surface area contributed by atoms with Gasteiger partial charge in [-0.1, -0.05) is 0 Å². The van der Waals surface area contributed by atoms with Gasteiger partial charge in [-0.25, -0.2) is 0 Å². The minimum Gasteiger partial charge on any atom is -0.356 e. The fourth-order valence-corrected chi connectivity index (χ4v) is 1.89. The van der Waals surface area contributed by atoms with Crippen molar-refractivity contribution in [3.63, 3.8) is 0 Å². The quantitative estimate of drug-likeness (QED) is 0.691. The van der Waals surface area contributed by atoms with Crippen molar-refractivity contribution in [2.24, 2.45) is 5.73 Å². The summed E-state index contributed by atoms with van der Waals surface area (Å²) in [6.45, 7) is 5.00. The molecule has 6 heteroatoms. The molecular formula is C11H25Cl2N3O. The zero-order valence-corrected chi connectivity index (χ0v) is 12.0. The van der Waals surface area contributed by atoms with Gasteiger partial charge in [0.1, 0.15) is 0 Å². The van der Waals surface area contributed by atoms with E-state index in [0.29, 0.717) is 13.0 Å². The number of hydrogen-bond donors (Lipinski definition) is 2. The lowest BCUT2D eigenvalue weighted by Crippen LogP contribution is -2.28. The van der Waals surface area contributed by atoms with E-state index in [9.17, 15) is 4.79 Å². The third kappa shape index (κ3) is 9.65. The predicted octanol–water partition coefficient (Wildman–Crippen LogP) is 1.17. The van der Waals surface area contributed by atoms with Crippen molar-refractivity contribution in [3.8, 4) is 0 Å². The van der Waals surface area contributed by atoms with Crippen LogP contribution in [0.25, 0.3) is 0 Å². The summed E-state index contributed by atoms with van der Waals surface area (Å²) >= 11 is 0. The lowest BCUT2D eigenvalue weighted by molar-refractivity contribution is -0.121. The number of nitrogens with one attached hydrogen (secondary N) is 1. The zero-order chi connectivity index (χ0) is 10.9. The van der Waals surface area contributed by atoms with Crippen LogP contribution in [0.1, 0.15) is 32.1 Å². The Kier molecular flexibility index (Phi) is 14.1. The van der Waals surface area contributed by atoms with E-state index in [4.69, 9.17) is 5.73 Å². The van der Waals surface area contributed by atoms with E-state index >= 15 is 0 Å². The maximum Gasteiger partial charge on any atom is 0.220 e. The van der Waals surface area contributed by atoms with Crippen molar-refractivity contribution < 1.29 is 4.79 Å². The number of nitrogens with two attached hydrogens (primary N) is 1. The first-order chi connectivity index (χ1) is 7.33. The van der Waals surface area contributed by atoms with Crippen molar-refractivity contribution in [2.45, 2.75) is 32.1 Å². The Bertz CT molecular complexity index is 188. The van der Waals surface area contributed by atoms with Crippen LogP contribution in [-0.4, -0.2) is 43.5 Å². The van der Waals surface area contributed by atoms with Crippen molar-refractivity contribution >= 4 is 30.7 Å². The third-order valence-electron chi connectivity index (χ3n) is 2.78. The molecule has 1 aliphatic heterocycles. The van der Waals surface area contributed by atoms with Crippen LogP contribution >= 0.6 is 24.8 Å². The van der Waals surface area contributed by atoms with Crippen LogP contribution in [0.4, 0.5) is 0 Å². The number of rotatable bonds is 7. The number of hydrogen-bond acceptors (Lipinski definition) is 3. The highest BCUT2D eigenvalue weighted by Gasteiger charge is 2.10. The minimum absolute atomic E-state index is 0. The Labute approximate surface area is 117 Å². The largest absolute Gasteiger partial charge is 0.356 e. The summed E-state index contributed by atoms with van der Waals surface area (Å²) in [5, 5.41) is 2.92. The molecule has 1 heterocycles. The van der Waals surface area contributed by atoms with Crippen molar-refractivity contribution in [2.75, 3.05) is 32.7 Å². The van der Waals surface area contributed by atoms with Gasteiger partial charge in [-0.15, -0.1) is 24.8 Å². The molecule has 0 aliphatic carbocycles. The van der Waals surface area contributed by atoms with E-state index in [1.165, 1.54) is 25.9 Å². The van der Waals surface area contributed by atoms with Crippen LogP contribution in [0.5, 0.6) is 0 Å². The highest BCUT2D eigenvalue weighted by Crippen LogP contribution is 2.06. The highest BCUT2D eigenvalue weighted by atomic mass is 35.5. The van der Waals surface area contributed by atoms with Gasteiger partial charge in [-0.2, -0.15) is 0 Å². The van der Waals surface area contributed by atoms with E-state index in [-0.39, 0.29) is 30.7 Å². The molecule has 0 radical (unpaired) electrons. The molecule has 17 heavy (non-hydrogen) atoms. The van der Waals surface area contributed by atoms with Gasteiger partial charge >= 0.3 is 0 Å². The standard InChI is InChI=1S/C11H23N3O.2ClH/c12-6-3-5-11(15)13-7-4-10-14-8-1-2-9-14;;/h1-10,12H2,(H,13,15);2*1H. The van der Waals surface area contributed by atoms with Gasteiger partial charge in [0, 0.05) is 13.0 Å². The number of halogens is 2. The number of carbonyl (C=O) groups excluding carboxylic acids is 1. The molecule has 0 aromatic rings. The van der Waals surface area contributed by atoms with Crippen molar-refractivity contribution in [1.29, 1.82) is 0 Å². The fourth-order valence-electron chi connectivity index (χ4n) is 1.89. The average Bonchev–Trinajstić information content (AvgIpc) is 2.74. The highest BCUT2D eigenvalue weighted by molar-refractivity contribution is 5.85. The molecule has 1 aliphatic rings. The van der Waals surface area contributed by atoms with Gasteiger partial charge in [0.15, 0.2) is 0 Å². The lowest BCUT2D eigenvalue weighted by Gasteiger charge is -2.14. The molecule has 4 nitrogen and oxygen atoms in total. The summed E-state index contributed by atoms with van der Waals surface area (Å²) in [6.07, 6.45) is 5.10. The Morgan fingerprint density at radius 2 is 1.82 bits per heavy atom. The van der Waals surface area contributed by atoms with E-state index in [0.717, 1.165) is 25.9 Å². The number of carbonyl (C=O) groups is 1. The van der Waals surface area contributed by atoms with E-state index in [1.807, 2.05) is 0 Å². The molecular weight excluding hydrogens is 261 g/mol. The summed E-state index contributed by atoms with van der Waals surface area (Å²) in [5.41, 5.74) is 5.33. The Morgan fingerprint density at radius 3 is 2.41 bits per heavy atom. The zero-order valence-electron chi connectivity index (χ0n) is 10.3. The molecule has 0 aromatic heterocycles. The van der Waals surface area contributed by atoms with Gasteiger partial charge in [0.25, 0.3) is 0 Å². The monoisotopic (exact) mass is 285 g/mol. The molecule has 0 unspecified atom stereocenters. The topological polar surface area (TPSA) is 58.4 Å². The van der Waals surface area contributed by atoms with Crippen LogP contribution in [0.2, 0.25) is 0 Å². The second kappa shape index (κ2) is 12.4. The van der Waals surface area contributed by atoms with Gasteiger partial charge < -0.3 is 16.0 Å². The number of amides is 1. The summed E-state index contributed by atoms with van der Waals surface area (Å²) in [4.78, 5) is 13.7. The smallest absolute Gasteiger partial charge is 0.220 e. The first-order valence-corrected chi connectivity index (χ1v) is 6.02. The summed E-state index contributed by atoms with van der Waals surface area (Å²) in [7, 11) is 0. The van der Waals surface area contributed by atoms with Crippen LogP contribution in [-0.2, 0) is 4.79 Å². The molecule has 1 rings (SSSR count). The maximum absolute atomic E-state index is 11.2. The van der Waals surface area contributed by atoms with Gasteiger partial charge in [0.05, 0.1) is 0 Å². The first kappa shape index (κ1) is 19.3. The molecule has 104 valence electrons. The number of nitrogens with zero attached hydrogens (tertiary/aromatic N) is 1. The molecule has 1 fully saturated rings. The normalized spacial score (nSPS) is 14.9. The summed E-state index contributed by atoms with van der Waals surface area (Å²) in [6, 6.07) is 0. The second-order valence-corrected chi connectivity index (χ2v) is 4.14. The first-order valence-electron chi connectivity index (χ1n) is 6.02. The van der Waals surface area contributed by atoms with E-state index in [2.05, 4.69) is 10.2 Å². The summed E-state index contributed by atoms with van der Waals surface area (Å²) < 4.78 is 0. The van der Waals surface area contributed by atoms with Gasteiger partial charge in [0.2, 0.25) is 5.91 Å². The van der Waals surface area contributed by atoms with E-state index < -0.39 is 0 Å². The SMILES string of the molecule is Cl.Cl.NCCCC(=O)NCCCN1CCCC1. The molecule has 0 atom stereocenters. The Hall–Kier alpha value is -0.0300. The molecule has 0 spiro atoms. The molecule has 0 aromatic carbocycles. The van der Waals surface area contributed by atoms with Crippen LogP contribution in [0, 0.1) is 0 Å². The fraction of sp³-hybridized carbons (Fsp3) is 0.909. The predicted molar refractivity (Wildman–Crippen MR) is 76.1 cm³/mol. The van der Waals surface area contributed by atoms with Gasteiger partial charge in [-0.05, 0) is 51.9 Å². The van der Waals surface area contributed by atoms with Gasteiger partial charge in [-0.3, -0.25) is 4.79 Å². The third-order valence-corrected chi connectivity index (χ3v) is 2.78. The minimum atomic E-state index is 0. The lowest BCUT2D eigenvalue weighted by atomic mass is 10.3. The molecule has 3 N–H and O–H groups in total. The Balaban J connectivity index is 0. The van der Waals surface area contributed by atoms with E-state index in [1.54, 1.807) is 0 Å². The molecule has 0 saturated carbocycles. The molecule has 0 bridgehead atoms. The van der Waals surface area contributed by atoms with Crippen molar-refractivity contribution in [3.05, 3.63) is 0 Å². The van der Waals surface area contributed by atoms with Crippen LogP contribution in [0.3, 0.4) is 0 Å². The Morgan fingerprint density at radius 1 is 1.18 bits per heavy atom. The van der Waals surface area contributed by atoms with Crippen LogP contribution < -0.4 is 11.1 Å². The van der Waals surface area contributed by atoms with Crippen LogP contribution in [0.15, 0.2) is 0 Å². The second-order valence-electron chi connectivity index (χ2n) is 4.14. The average molecular weight is 286 g/mol. The maximum atomic E-state index is 11.2. The molecule has 1 saturated heterocycles. The summed E-state index contributed by atoms with van der Waals surface area (Å²) in [5.74, 6) is 0.141. The van der Waals surface area contributed by atoms with Crippen molar-refractivity contribution in [1.82, 2.24) is 10.2 Å². The number of likely N-dealkylation sites (tertiary alicyclic amines) is 1.